The molecule has 2 rings (SSSR count). The Morgan fingerprint density at radius 1 is 1.35 bits per heavy atom. The molecule has 0 aliphatic heterocycles. The van der Waals surface area contributed by atoms with Gasteiger partial charge in [0.05, 0.1) is 11.5 Å². The Hall–Kier alpha value is -2.11. The second-order valence-corrected chi connectivity index (χ2v) is 6.99. The lowest BCUT2D eigenvalue weighted by atomic mass is 10.3. The fourth-order valence-corrected chi connectivity index (χ4v) is 3.83. The van der Waals surface area contributed by atoms with Crippen LogP contribution in [-0.4, -0.2) is 36.8 Å². The Kier molecular flexibility index (Phi) is 5.58. The molecule has 9 nitrogen and oxygen atoms in total. The molecule has 1 aromatic heterocycles. The number of hydrogen-bond donors (Lipinski definition) is 1. The van der Waals surface area contributed by atoms with E-state index in [1.54, 1.807) is 0 Å². The van der Waals surface area contributed by atoms with E-state index in [0.29, 0.717) is 24.6 Å². The Morgan fingerprint density at radius 2 is 2.09 bits per heavy atom. The summed E-state index contributed by atoms with van der Waals surface area (Å²) in [4.78, 5) is 9.78. The van der Waals surface area contributed by atoms with E-state index >= 15 is 0 Å². The molecule has 0 spiro atoms. The van der Waals surface area contributed by atoms with Gasteiger partial charge in [-0.2, -0.15) is 0 Å². The highest BCUT2D eigenvalue weighted by molar-refractivity contribution is 7.93. The lowest BCUT2D eigenvalue weighted by Gasteiger charge is -2.04. The number of anilines is 1. The number of ether oxygens (including phenoxy) is 1. The minimum atomic E-state index is -4.12. The number of hydrogen-bond acceptors (Lipinski definition) is 8. The number of aromatic nitrogens is 2. The van der Waals surface area contributed by atoms with Crippen LogP contribution in [0, 0.1) is 10.1 Å². The molecular weight excluding hydrogens is 344 g/mol. The number of para-hydroxylation sites is 1. The summed E-state index contributed by atoms with van der Waals surface area (Å²) in [5.41, 5.74) is -0.499. The first kappa shape index (κ1) is 17.2. The monoisotopic (exact) mass is 358 g/mol. The third-order valence-electron chi connectivity index (χ3n) is 2.70. The van der Waals surface area contributed by atoms with Gasteiger partial charge in [0.25, 0.3) is 15.7 Å². The van der Waals surface area contributed by atoms with Crippen molar-refractivity contribution in [1.82, 2.24) is 10.2 Å². The zero-order valence-corrected chi connectivity index (χ0v) is 13.8. The molecule has 0 saturated carbocycles. The van der Waals surface area contributed by atoms with Crippen LogP contribution in [0.2, 0.25) is 0 Å². The van der Waals surface area contributed by atoms with E-state index in [1.165, 1.54) is 12.1 Å². The van der Waals surface area contributed by atoms with Gasteiger partial charge in [0.2, 0.25) is 5.13 Å². The summed E-state index contributed by atoms with van der Waals surface area (Å²) in [5.74, 6) is 0. The number of rotatable bonds is 8. The standard InChI is InChI=1S/C12H14N4O5S2/c1-2-21-8-7-11-13-14-12(22-11)15-23(19,20)10-6-4-3-5-9(10)16(17)18/h3-6H,2,7-8H2,1H3,(H,14,15). The number of nitrogens with zero attached hydrogens (tertiary/aromatic N) is 3. The number of sulfonamides is 1. The van der Waals surface area contributed by atoms with Gasteiger partial charge in [0.1, 0.15) is 5.01 Å². The molecule has 0 saturated heterocycles. The van der Waals surface area contributed by atoms with Gasteiger partial charge in [-0.25, -0.2) is 8.42 Å². The van der Waals surface area contributed by atoms with E-state index in [9.17, 15) is 18.5 Å². The van der Waals surface area contributed by atoms with Crippen molar-refractivity contribution >= 4 is 32.2 Å². The maximum absolute atomic E-state index is 12.3. The van der Waals surface area contributed by atoms with Gasteiger partial charge in [-0.15, -0.1) is 10.2 Å². The average molecular weight is 358 g/mol. The van der Waals surface area contributed by atoms with Crippen molar-refractivity contribution in [2.75, 3.05) is 17.9 Å². The van der Waals surface area contributed by atoms with E-state index in [0.717, 1.165) is 23.5 Å². The maximum Gasteiger partial charge on any atom is 0.289 e. The summed E-state index contributed by atoms with van der Waals surface area (Å²) in [7, 11) is -4.12. The summed E-state index contributed by atoms with van der Waals surface area (Å²) < 4.78 is 32.0. The number of nitro groups is 1. The van der Waals surface area contributed by atoms with Crippen LogP contribution >= 0.6 is 11.3 Å². The first-order valence-electron chi connectivity index (χ1n) is 6.60. The van der Waals surface area contributed by atoms with E-state index < -0.39 is 25.5 Å². The van der Waals surface area contributed by atoms with Crippen molar-refractivity contribution in [3.63, 3.8) is 0 Å². The van der Waals surface area contributed by atoms with E-state index in [4.69, 9.17) is 4.74 Å². The Balaban J connectivity index is 2.18. The summed E-state index contributed by atoms with van der Waals surface area (Å²) in [6.07, 6.45) is 0.513. The highest BCUT2D eigenvalue weighted by Crippen LogP contribution is 2.26. The molecule has 1 N–H and O–H groups in total. The van der Waals surface area contributed by atoms with Crippen LogP contribution in [0.3, 0.4) is 0 Å². The molecule has 0 fully saturated rings. The first-order chi connectivity index (χ1) is 10.9. The number of nitrogens with one attached hydrogen (secondary N) is 1. The van der Waals surface area contributed by atoms with Crippen LogP contribution in [0.4, 0.5) is 10.8 Å². The van der Waals surface area contributed by atoms with Crippen LogP contribution in [0.1, 0.15) is 11.9 Å². The fourth-order valence-electron chi connectivity index (χ4n) is 1.70. The fraction of sp³-hybridized carbons (Fsp3) is 0.333. The van der Waals surface area contributed by atoms with E-state index in [-0.39, 0.29) is 5.13 Å². The molecule has 2 aromatic rings. The molecule has 0 amide bonds. The smallest absolute Gasteiger partial charge is 0.289 e. The van der Waals surface area contributed by atoms with Crippen LogP contribution in [0.5, 0.6) is 0 Å². The van der Waals surface area contributed by atoms with E-state index in [2.05, 4.69) is 14.9 Å². The van der Waals surface area contributed by atoms with Crippen molar-refractivity contribution in [2.45, 2.75) is 18.2 Å². The summed E-state index contributed by atoms with van der Waals surface area (Å²) >= 11 is 1.06. The minimum Gasteiger partial charge on any atom is -0.381 e. The minimum absolute atomic E-state index is 0.0506. The Bertz CT molecular complexity index is 790. The molecule has 0 aliphatic rings. The molecular formula is C12H14N4O5S2. The third kappa shape index (κ3) is 4.43. The van der Waals surface area contributed by atoms with Crippen molar-refractivity contribution < 1.29 is 18.1 Å². The predicted molar refractivity (Wildman–Crippen MR) is 84.0 cm³/mol. The summed E-state index contributed by atoms with van der Waals surface area (Å²) in [6.45, 7) is 2.91. The van der Waals surface area contributed by atoms with Gasteiger partial charge in [-0.05, 0) is 13.0 Å². The average Bonchev–Trinajstić information content (AvgIpc) is 2.94. The lowest BCUT2D eigenvalue weighted by molar-refractivity contribution is -0.387. The molecule has 0 aliphatic carbocycles. The normalized spacial score (nSPS) is 11.3. The van der Waals surface area contributed by atoms with Crippen LogP contribution in [0.25, 0.3) is 0 Å². The van der Waals surface area contributed by atoms with Crippen molar-refractivity contribution in [1.29, 1.82) is 0 Å². The number of nitro benzene ring substituents is 1. The van der Waals surface area contributed by atoms with Crippen molar-refractivity contribution in [3.05, 3.63) is 39.4 Å². The first-order valence-corrected chi connectivity index (χ1v) is 8.90. The van der Waals surface area contributed by atoms with Crippen LogP contribution < -0.4 is 4.72 Å². The van der Waals surface area contributed by atoms with Crippen LogP contribution in [-0.2, 0) is 21.2 Å². The quantitative estimate of drug-likeness (QED) is 0.433. The highest BCUT2D eigenvalue weighted by Gasteiger charge is 2.26. The molecule has 1 aromatic carbocycles. The van der Waals surface area contributed by atoms with Gasteiger partial charge in [-0.1, -0.05) is 23.5 Å². The largest absolute Gasteiger partial charge is 0.381 e. The molecule has 11 heteroatoms. The summed E-state index contributed by atoms with van der Waals surface area (Å²) in [5, 5.41) is 19.2. The molecule has 23 heavy (non-hydrogen) atoms. The third-order valence-corrected chi connectivity index (χ3v) is 5.12. The molecule has 0 unspecified atom stereocenters. The van der Waals surface area contributed by atoms with Crippen molar-refractivity contribution in [3.8, 4) is 0 Å². The van der Waals surface area contributed by atoms with Gasteiger partial charge >= 0.3 is 0 Å². The Morgan fingerprint density at radius 3 is 2.78 bits per heavy atom. The Labute approximate surface area is 136 Å². The topological polar surface area (TPSA) is 124 Å². The zero-order valence-electron chi connectivity index (χ0n) is 12.1. The van der Waals surface area contributed by atoms with Gasteiger partial charge in [-0.3, -0.25) is 14.8 Å². The van der Waals surface area contributed by atoms with Gasteiger partial charge < -0.3 is 4.74 Å². The van der Waals surface area contributed by atoms with Gasteiger partial charge in [0.15, 0.2) is 4.90 Å². The maximum atomic E-state index is 12.3. The van der Waals surface area contributed by atoms with Crippen molar-refractivity contribution in [2.24, 2.45) is 0 Å². The lowest BCUT2D eigenvalue weighted by Crippen LogP contribution is -2.14. The van der Waals surface area contributed by atoms with E-state index in [1.807, 2.05) is 6.92 Å². The highest BCUT2D eigenvalue weighted by atomic mass is 32.2. The summed E-state index contributed by atoms with van der Waals surface area (Å²) in [6, 6.07) is 5.10. The SMILES string of the molecule is CCOCCc1nnc(NS(=O)(=O)c2ccccc2[N+](=O)[O-])s1. The second-order valence-electron chi connectivity index (χ2n) is 4.28. The molecule has 0 radical (unpaired) electrons. The van der Waals surface area contributed by atoms with Gasteiger partial charge in [0, 0.05) is 19.1 Å². The second kappa shape index (κ2) is 7.44. The number of benzene rings is 1. The molecule has 0 bridgehead atoms. The molecule has 1 heterocycles. The zero-order chi connectivity index (χ0) is 16.9. The predicted octanol–water partition coefficient (Wildman–Crippen LogP) is 1.83. The van der Waals surface area contributed by atoms with Crippen LogP contribution in [0.15, 0.2) is 29.2 Å². The molecule has 0 atom stereocenters. The molecule has 124 valence electrons.